The summed E-state index contributed by atoms with van der Waals surface area (Å²) in [5.41, 5.74) is 2.58. The molecule has 0 radical (unpaired) electrons. The Labute approximate surface area is 259 Å². The van der Waals surface area contributed by atoms with Crippen LogP contribution in [0.2, 0.25) is 5.02 Å². The highest BCUT2D eigenvalue weighted by Gasteiger charge is 2.35. The summed E-state index contributed by atoms with van der Waals surface area (Å²) < 4.78 is 29.2. The first-order valence-electron chi connectivity index (χ1n) is 14.2. The van der Waals surface area contributed by atoms with Gasteiger partial charge in [-0.2, -0.15) is 0 Å². The van der Waals surface area contributed by atoms with Crippen molar-refractivity contribution < 1.29 is 18.0 Å². The SMILES string of the molecule is CCCNC(=O)[C@H](Cc1ccccc1)N(Cc1ccccc1Cl)C(=O)CN(c1ccccc1C)S(=O)(=O)c1ccccc1. The highest BCUT2D eigenvalue weighted by atomic mass is 35.5. The molecule has 0 aliphatic rings. The maximum Gasteiger partial charge on any atom is 0.264 e. The van der Waals surface area contributed by atoms with Crippen LogP contribution in [0.25, 0.3) is 0 Å². The molecule has 0 heterocycles. The predicted molar refractivity (Wildman–Crippen MR) is 171 cm³/mol. The zero-order chi connectivity index (χ0) is 30.8. The standard InChI is InChI=1S/C34H36ClN3O4S/c1-3-22-36-34(40)32(23-27-15-6-4-7-16-27)37(24-28-17-11-12-20-30(28)35)33(39)25-38(31-21-13-10-14-26(31)2)43(41,42)29-18-8-5-9-19-29/h4-21,32H,3,22-25H2,1-2H3,(H,36,40)/t32-/m0/s1. The van der Waals surface area contributed by atoms with Crippen LogP contribution in [-0.2, 0) is 32.6 Å². The second-order valence-corrected chi connectivity index (χ2v) is 12.5. The average molecular weight is 618 g/mol. The molecule has 0 aliphatic heterocycles. The van der Waals surface area contributed by atoms with E-state index in [4.69, 9.17) is 11.6 Å². The van der Waals surface area contributed by atoms with Crippen molar-refractivity contribution in [2.75, 3.05) is 17.4 Å². The lowest BCUT2D eigenvalue weighted by molar-refractivity contribution is -0.140. The maximum atomic E-state index is 14.4. The van der Waals surface area contributed by atoms with Gasteiger partial charge in [0.2, 0.25) is 11.8 Å². The predicted octanol–water partition coefficient (Wildman–Crippen LogP) is 6.01. The number of carbonyl (C=O) groups excluding carboxylic acids is 2. The van der Waals surface area contributed by atoms with Crippen LogP contribution in [0.15, 0.2) is 114 Å². The topological polar surface area (TPSA) is 86.8 Å². The molecule has 0 bridgehead atoms. The number of nitrogens with zero attached hydrogens (tertiary/aromatic N) is 2. The second-order valence-electron chi connectivity index (χ2n) is 10.2. The van der Waals surface area contributed by atoms with E-state index >= 15 is 0 Å². The summed E-state index contributed by atoms with van der Waals surface area (Å²) in [4.78, 5) is 29.6. The molecule has 1 N–H and O–H groups in total. The Morgan fingerprint density at radius 1 is 0.837 bits per heavy atom. The van der Waals surface area contributed by atoms with E-state index in [1.54, 1.807) is 61.5 Å². The van der Waals surface area contributed by atoms with Crippen molar-refractivity contribution in [1.82, 2.24) is 10.2 Å². The van der Waals surface area contributed by atoms with Crippen LogP contribution in [0, 0.1) is 6.92 Å². The quantitative estimate of drug-likeness (QED) is 0.199. The van der Waals surface area contributed by atoms with Gasteiger partial charge in [0.15, 0.2) is 0 Å². The van der Waals surface area contributed by atoms with Crippen LogP contribution in [0.3, 0.4) is 0 Å². The highest BCUT2D eigenvalue weighted by molar-refractivity contribution is 7.92. The zero-order valence-corrected chi connectivity index (χ0v) is 25.9. The van der Waals surface area contributed by atoms with Crippen LogP contribution >= 0.6 is 11.6 Å². The lowest BCUT2D eigenvalue weighted by Crippen LogP contribution is -2.53. The summed E-state index contributed by atoms with van der Waals surface area (Å²) in [6.45, 7) is 3.69. The highest BCUT2D eigenvalue weighted by Crippen LogP contribution is 2.28. The van der Waals surface area contributed by atoms with E-state index in [1.807, 2.05) is 49.4 Å². The van der Waals surface area contributed by atoms with Gasteiger partial charge >= 0.3 is 0 Å². The van der Waals surface area contributed by atoms with Crippen LogP contribution in [0.5, 0.6) is 0 Å². The number of anilines is 1. The number of nitrogens with one attached hydrogen (secondary N) is 1. The molecule has 0 fully saturated rings. The monoisotopic (exact) mass is 617 g/mol. The lowest BCUT2D eigenvalue weighted by Gasteiger charge is -2.34. The first-order chi connectivity index (χ1) is 20.7. The molecule has 0 spiro atoms. The Bertz CT molecular complexity index is 1630. The summed E-state index contributed by atoms with van der Waals surface area (Å²) in [7, 11) is -4.15. The molecule has 4 rings (SSSR count). The van der Waals surface area contributed by atoms with E-state index < -0.39 is 28.5 Å². The van der Waals surface area contributed by atoms with Crippen molar-refractivity contribution >= 4 is 39.1 Å². The molecular weight excluding hydrogens is 582 g/mol. The van der Waals surface area contributed by atoms with Gasteiger partial charge in [-0.25, -0.2) is 8.42 Å². The fourth-order valence-corrected chi connectivity index (χ4v) is 6.50. The summed E-state index contributed by atoms with van der Waals surface area (Å²) in [5, 5.41) is 3.39. The minimum Gasteiger partial charge on any atom is -0.354 e. The molecule has 4 aromatic rings. The van der Waals surface area contributed by atoms with E-state index in [1.165, 1.54) is 17.0 Å². The molecule has 4 aromatic carbocycles. The Balaban J connectivity index is 1.81. The van der Waals surface area contributed by atoms with Gasteiger partial charge in [0, 0.05) is 24.5 Å². The van der Waals surface area contributed by atoms with E-state index in [0.717, 1.165) is 16.3 Å². The average Bonchev–Trinajstić information content (AvgIpc) is 3.02. The van der Waals surface area contributed by atoms with Gasteiger partial charge in [-0.3, -0.25) is 13.9 Å². The van der Waals surface area contributed by atoms with Gasteiger partial charge in [-0.05, 0) is 54.3 Å². The van der Waals surface area contributed by atoms with Gasteiger partial charge in [0.1, 0.15) is 12.6 Å². The minimum atomic E-state index is -4.15. The van der Waals surface area contributed by atoms with Gasteiger partial charge in [0.25, 0.3) is 10.0 Å². The number of halogens is 1. The largest absolute Gasteiger partial charge is 0.354 e. The molecule has 224 valence electrons. The Hall–Kier alpha value is -4.14. The summed E-state index contributed by atoms with van der Waals surface area (Å²) >= 11 is 6.53. The van der Waals surface area contributed by atoms with E-state index in [0.29, 0.717) is 28.4 Å². The van der Waals surface area contributed by atoms with Crippen molar-refractivity contribution in [1.29, 1.82) is 0 Å². The molecule has 9 heteroatoms. The molecule has 0 saturated carbocycles. The number of amides is 2. The molecular formula is C34H36ClN3O4S. The van der Waals surface area contributed by atoms with Crippen molar-refractivity contribution in [3.63, 3.8) is 0 Å². The third-order valence-electron chi connectivity index (χ3n) is 7.11. The molecule has 0 saturated heterocycles. The minimum absolute atomic E-state index is 0.0164. The van der Waals surface area contributed by atoms with Crippen LogP contribution in [0.4, 0.5) is 5.69 Å². The fourth-order valence-electron chi connectivity index (χ4n) is 4.81. The molecule has 1 atom stereocenters. The number of benzene rings is 4. The Morgan fingerprint density at radius 3 is 2.09 bits per heavy atom. The number of aryl methyl sites for hydroxylation is 1. The van der Waals surface area contributed by atoms with Gasteiger partial charge in [-0.1, -0.05) is 103 Å². The van der Waals surface area contributed by atoms with Crippen molar-refractivity contribution in [2.24, 2.45) is 0 Å². The molecule has 43 heavy (non-hydrogen) atoms. The van der Waals surface area contributed by atoms with E-state index in [-0.39, 0.29) is 23.8 Å². The van der Waals surface area contributed by atoms with Crippen molar-refractivity contribution in [3.05, 3.63) is 131 Å². The number of hydrogen-bond acceptors (Lipinski definition) is 4. The normalized spacial score (nSPS) is 11.9. The van der Waals surface area contributed by atoms with Crippen LogP contribution in [0.1, 0.15) is 30.0 Å². The number of sulfonamides is 1. The molecule has 0 unspecified atom stereocenters. The Kier molecular flexibility index (Phi) is 11.0. The number of rotatable bonds is 13. The number of hydrogen-bond donors (Lipinski definition) is 1. The Morgan fingerprint density at radius 2 is 1.44 bits per heavy atom. The first-order valence-corrected chi connectivity index (χ1v) is 16.0. The second kappa shape index (κ2) is 14.8. The number of para-hydroxylation sites is 1. The zero-order valence-electron chi connectivity index (χ0n) is 24.3. The molecule has 0 aliphatic carbocycles. The summed E-state index contributed by atoms with van der Waals surface area (Å²) in [5.74, 6) is -0.852. The van der Waals surface area contributed by atoms with Gasteiger partial charge < -0.3 is 10.2 Å². The van der Waals surface area contributed by atoms with E-state index in [9.17, 15) is 18.0 Å². The third-order valence-corrected chi connectivity index (χ3v) is 9.26. The van der Waals surface area contributed by atoms with Crippen LogP contribution < -0.4 is 9.62 Å². The third kappa shape index (κ3) is 8.03. The van der Waals surface area contributed by atoms with Gasteiger partial charge in [0.05, 0.1) is 10.6 Å². The summed E-state index contributed by atoms with van der Waals surface area (Å²) in [6.07, 6.45) is 0.959. The van der Waals surface area contributed by atoms with Crippen LogP contribution in [-0.4, -0.2) is 44.3 Å². The van der Waals surface area contributed by atoms with Crippen molar-refractivity contribution in [2.45, 2.75) is 44.2 Å². The molecule has 7 nitrogen and oxygen atoms in total. The lowest BCUT2D eigenvalue weighted by atomic mass is 10.0. The van der Waals surface area contributed by atoms with Crippen molar-refractivity contribution in [3.8, 4) is 0 Å². The van der Waals surface area contributed by atoms with E-state index in [2.05, 4.69) is 5.32 Å². The molecule has 0 aromatic heterocycles. The number of carbonyl (C=O) groups is 2. The maximum absolute atomic E-state index is 14.4. The molecule has 2 amide bonds. The first kappa shape index (κ1) is 31.8. The fraction of sp³-hybridized carbons (Fsp3) is 0.235. The van der Waals surface area contributed by atoms with Gasteiger partial charge in [-0.15, -0.1) is 0 Å². The smallest absolute Gasteiger partial charge is 0.264 e. The summed E-state index contributed by atoms with van der Waals surface area (Å²) in [6, 6.07) is 30.7.